The van der Waals surface area contributed by atoms with E-state index in [1.807, 2.05) is 0 Å². The van der Waals surface area contributed by atoms with Gasteiger partial charge in [-0.05, 0) is 0 Å². The van der Waals surface area contributed by atoms with Crippen molar-refractivity contribution in [2.75, 3.05) is 24.6 Å². The average Bonchev–Trinajstić information content (AvgIpc) is 2.09. The predicted molar refractivity (Wildman–Crippen MR) is 51.4 cm³/mol. The van der Waals surface area contributed by atoms with Gasteiger partial charge in [-0.25, -0.2) is 0 Å². The molecule has 0 radical (unpaired) electrons. The Hall–Kier alpha value is -0.640. The fourth-order valence-corrected chi connectivity index (χ4v) is 2.00. The molecule has 0 aromatic carbocycles. The van der Waals surface area contributed by atoms with Gasteiger partial charge in [0.1, 0.15) is 0 Å². The Bertz CT molecular complexity index is 172. The van der Waals surface area contributed by atoms with Gasteiger partial charge in [0.15, 0.2) is 0 Å². The molecular weight excluding hydrogens is 174 g/mol. The fourth-order valence-electron chi connectivity index (χ4n) is 0.953. The van der Waals surface area contributed by atoms with Gasteiger partial charge in [0.2, 0.25) is 5.91 Å². The van der Waals surface area contributed by atoms with E-state index in [0.717, 1.165) is 0 Å². The van der Waals surface area contributed by atoms with Gasteiger partial charge in [0, 0.05) is 42.3 Å². The Balaban J connectivity index is 0.000000561. The Morgan fingerprint density at radius 2 is 1.75 bits per heavy atom. The first-order chi connectivity index (χ1) is 5.70. The van der Waals surface area contributed by atoms with Gasteiger partial charge in [-0.15, -0.1) is 13.2 Å². The molecule has 1 heterocycles. The lowest BCUT2D eigenvalue weighted by Crippen LogP contribution is -2.40. The van der Waals surface area contributed by atoms with Crippen LogP contribution in [0.5, 0.6) is 0 Å². The van der Waals surface area contributed by atoms with E-state index in [1.165, 1.54) is 0 Å². The third-order valence-corrected chi connectivity index (χ3v) is 2.90. The van der Waals surface area contributed by atoms with Gasteiger partial charge < -0.3 is 4.90 Å². The van der Waals surface area contributed by atoms with Crippen LogP contribution in [0.15, 0.2) is 13.2 Å². The molecule has 12 heavy (non-hydrogen) atoms. The molecule has 70 valence electrons. The van der Waals surface area contributed by atoms with Crippen molar-refractivity contribution in [3.05, 3.63) is 13.2 Å². The molecule has 1 amide bonds. The molecular formula is C8H15NO2S. The molecule has 1 saturated heterocycles. The van der Waals surface area contributed by atoms with Gasteiger partial charge >= 0.3 is 0 Å². The summed E-state index contributed by atoms with van der Waals surface area (Å²) in [6.07, 6.45) is 0. The molecule has 0 saturated carbocycles. The maximum absolute atomic E-state index is 10.8. The zero-order valence-electron chi connectivity index (χ0n) is 7.41. The maximum atomic E-state index is 10.8. The van der Waals surface area contributed by atoms with Crippen molar-refractivity contribution >= 4 is 16.7 Å². The Morgan fingerprint density at radius 3 is 2.08 bits per heavy atom. The summed E-state index contributed by atoms with van der Waals surface area (Å²) in [4.78, 5) is 12.5. The molecule has 0 aliphatic carbocycles. The van der Waals surface area contributed by atoms with E-state index < -0.39 is 10.8 Å². The van der Waals surface area contributed by atoms with Crippen molar-refractivity contribution in [3.8, 4) is 0 Å². The van der Waals surface area contributed by atoms with E-state index in [0.29, 0.717) is 24.6 Å². The Labute approximate surface area is 75.9 Å². The molecule has 3 nitrogen and oxygen atoms in total. The summed E-state index contributed by atoms with van der Waals surface area (Å²) in [6, 6.07) is 0. The normalized spacial score (nSPS) is 17.9. The third-order valence-electron chi connectivity index (χ3n) is 1.62. The van der Waals surface area contributed by atoms with E-state index >= 15 is 0 Å². The summed E-state index contributed by atoms with van der Waals surface area (Å²) in [7, 11) is -0.671. The van der Waals surface area contributed by atoms with Crippen LogP contribution in [0.1, 0.15) is 6.92 Å². The van der Waals surface area contributed by atoms with E-state index in [4.69, 9.17) is 0 Å². The van der Waals surface area contributed by atoms with Crippen LogP contribution in [0.2, 0.25) is 0 Å². The van der Waals surface area contributed by atoms with Crippen molar-refractivity contribution in [2.24, 2.45) is 0 Å². The number of amides is 1. The fraction of sp³-hybridized carbons (Fsp3) is 0.625. The molecule has 4 heteroatoms. The highest BCUT2D eigenvalue weighted by molar-refractivity contribution is 7.85. The lowest BCUT2D eigenvalue weighted by molar-refractivity contribution is -0.128. The van der Waals surface area contributed by atoms with Crippen LogP contribution in [0.25, 0.3) is 0 Å². The van der Waals surface area contributed by atoms with E-state index in [2.05, 4.69) is 13.2 Å². The molecule has 1 aliphatic heterocycles. The minimum atomic E-state index is -0.671. The number of rotatable bonds is 0. The molecule has 1 aliphatic rings. The van der Waals surface area contributed by atoms with Crippen LogP contribution in [0.3, 0.4) is 0 Å². The molecule has 0 aromatic heterocycles. The topological polar surface area (TPSA) is 37.4 Å². The van der Waals surface area contributed by atoms with Crippen LogP contribution in [0.4, 0.5) is 0 Å². The summed E-state index contributed by atoms with van der Waals surface area (Å²) < 4.78 is 10.8. The number of carbonyl (C=O) groups is 1. The molecule has 0 aromatic rings. The highest BCUT2D eigenvalue weighted by Gasteiger charge is 2.16. The van der Waals surface area contributed by atoms with Gasteiger partial charge in [-0.3, -0.25) is 9.00 Å². The lowest BCUT2D eigenvalue weighted by Gasteiger charge is -2.24. The Morgan fingerprint density at radius 1 is 1.33 bits per heavy atom. The largest absolute Gasteiger partial charge is 0.341 e. The van der Waals surface area contributed by atoms with Crippen molar-refractivity contribution < 1.29 is 9.00 Å². The van der Waals surface area contributed by atoms with Crippen LogP contribution < -0.4 is 0 Å². The van der Waals surface area contributed by atoms with Gasteiger partial charge in [-0.2, -0.15) is 0 Å². The highest BCUT2D eigenvalue weighted by Crippen LogP contribution is 1.99. The zero-order chi connectivity index (χ0) is 9.56. The highest BCUT2D eigenvalue weighted by atomic mass is 32.2. The van der Waals surface area contributed by atoms with E-state index in [-0.39, 0.29) is 5.91 Å². The molecule has 0 spiro atoms. The van der Waals surface area contributed by atoms with Gasteiger partial charge in [0.25, 0.3) is 0 Å². The monoisotopic (exact) mass is 189 g/mol. The van der Waals surface area contributed by atoms with E-state index in [1.54, 1.807) is 11.8 Å². The maximum Gasteiger partial charge on any atom is 0.219 e. The van der Waals surface area contributed by atoms with Crippen LogP contribution in [-0.4, -0.2) is 39.6 Å². The minimum Gasteiger partial charge on any atom is -0.341 e. The van der Waals surface area contributed by atoms with Gasteiger partial charge in [-0.1, -0.05) is 0 Å². The number of carbonyl (C=O) groups excluding carboxylic acids is 1. The van der Waals surface area contributed by atoms with Gasteiger partial charge in [0.05, 0.1) is 0 Å². The lowest BCUT2D eigenvalue weighted by atomic mass is 10.5. The molecule has 0 atom stereocenters. The summed E-state index contributed by atoms with van der Waals surface area (Å²) in [5, 5.41) is 0. The van der Waals surface area contributed by atoms with Crippen LogP contribution in [0, 0.1) is 0 Å². The summed E-state index contributed by atoms with van der Waals surface area (Å²) in [5.41, 5.74) is 0. The first-order valence-corrected chi connectivity index (χ1v) is 5.29. The third kappa shape index (κ3) is 3.67. The minimum absolute atomic E-state index is 0.0942. The van der Waals surface area contributed by atoms with Crippen molar-refractivity contribution in [2.45, 2.75) is 6.92 Å². The molecule has 0 unspecified atom stereocenters. The van der Waals surface area contributed by atoms with Crippen LogP contribution >= 0.6 is 0 Å². The second kappa shape index (κ2) is 5.94. The predicted octanol–water partition coefficient (Wildman–Crippen LogP) is 0.399. The smallest absolute Gasteiger partial charge is 0.219 e. The summed E-state index contributed by atoms with van der Waals surface area (Å²) in [6.45, 7) is 8.89. The number of nitrogens with zero attached hydrogens (tertiary/aromatic N) is 1. The standard InChI is InChI=1S/C6H11NO2S.C2H4/c1-6(8)7-2-4-10(9)5-3-7;1-2/h2-5H2,1H3;1-2H2. The number of hydrogen-bond acceptors (Lipinski definition) is 2. The van der Waals surface area contributed by atoms with Crippen molar-refractivity contribution in [1.29, 1.82) is 0 Å². The average molecular weight is 189 g/mol. The molecule has 1 rings (SSSR count). The quantitative estimate of drug-likeness (QED) is 0.517. The van der Waals surface area contributed by atoms with E-state index in [9.17, 15) is 9.00 Å². The molecule has 1 fully saturated rings. The SMILES string of the molecule is C=C.CC(=O)N1CCS(=O)CC1. The zero-order valence-corrected chi connectivity index (χ0v) is 8.23. The summed E-state index contributed by atoms with van der Waals surface area (Å²) >= 11 is 0. The summed E-state index contributed by atoms with van der Waals surface area (Å²) in [5.74, 6) is 1.40. The molecule has 0 bridgehead atoms. The first kappa shape index (κ1) is 11.4. The number of hydrogen-bond donors (Lipinski definition) is 0. The van der Waals surface area contributed by atoms with Crippen molar-refractivity contribution in [1.82, 2.24) is 4.90 Å². The second-order valence-electron chi connectivity index (χ2n) is 2.35. The van der Waals surface area contributed by atoms with Crippen LogP contribution in [-0.2, 0) is 15.6 Å². The first-order valence-electron chi connectivity index (χ1n) is 3.80. The van der Waals surface area contributed by atoms with Crippen molar-refractivity contribution in [3.63, 3.8) is 0 Å². The second-order valence-corrected chi connectivity index (χ2v) is 4.05. The molecule has 0 N–H and O–H groups in total. The Kier molecular flexibility index (Phi) is 5.62.